The molecular weight excluding hydrogens is 246 g/mol. The average Bonchev–Trinajstić information content (AvgIpc) is 2.16. The molecule has 0 heterocycles. The molecule has 17 heavy (non-hydrogen) atoms. The van der Waals surface area contributed by atoms with Crippen molar-refractivity contribution in [3.63, 3.8) is 0 Å². The Kier molecular flexibility index (Phi) is 12.6. The largest absolute Gasteiger partial charge is 1.00 e. The Morgan fingerprint density at radius 1 is 0.529 bits per heavy atom. The van der Waals surface area contributed by atoms with Gasteiger partial charge < -0.3 is 1.43 Å². The molecule has 0 aliphatic carbocycles. The van der Waals surface area contributed by atoms with E-state index in [4.69, 9.17) is 0 Å². The predicted molar refractivity (Wildman–Crippen MR) is 79.7 cm³/mol. The van der Waals surface area contributed by atoms with Crippen molar-refractivity contribution in [2.75, 3.05) is 0 Å². The van der Waals surface area contributed by atoms with Crippen LogP contribution in [0.2, 0.25) is 14.3 Å². The van der Waals surface area contributed by atoms with Gasteiger partial charge in [-0.3, -0.25) is 0 Å². The second-order valence-corrected chi connectivity index (χ2v) is 11.2. The number of hydrogen-bond donors (Lipinski definition) is 0. The van der Waals surface area contributed by atoms with Crippen LogP contribution in [0.4, 0.5) is 0 Å². The molecule has 3 unspecified atom stereocenters. The van der Waals surface area contributed by atoms with Crippen molar-refractivity contribution in [1.82, 2.24) is 0 Å². The molecule has 0 saturated heterocycles. The topological polar surface area (TPSA) is 0 Å². The molecule has 0 rings (SSSR count). The van der Waals surface area contributed by atoms with E-state index in [-0.39, 0.29) is 52.8 Å². The fourth-order valence-electron chi connectivity index (χ4n) is 2.77. The van der Waals surface area contributed by atoms with Gasteiger partial charge in [0.25, 0.3) is 14.1 Å². The van der Waals surface area contributed by atoms with Gasteiger partial charge in [0, 0.05) is 0 Å². The van der Waals surface area contributed by atoms with Gasteiger partial charge in [-0.25, -0.2) is 0 Å². The normalized spacial score (nSPS) is 16.9. The Hall–Kier alpha value is 2.17. The van der Waals surface area contributed by atoms with Crippen LogP contribution in [-0.2, 0) is 0 Å². The molecule has 98 valence electrons. The first-order chi connectivity index (χ1) is 7.20. The van der Waals surface area contributed by atoms with Gasteiger partial charge in [0.1, 0.15) is 0 Å². The molecule has 0 saturated carbocycles. The summed E-state index contributed by atoms with van der Waals surface area (Å²) in [6.45, 7) is 22.0. The van der Waals surface area contributed by atoms with Crippen LogP contribution in [0.5, 0.6) is 0 Å². The first-order valence-corrected chi connectivity index (χ1v) is 9.20. The maximum Gasteiger partial charge on any atom is 1.00 e. The van der Waals surface area contributed by atoms with Gasteiger partial charge in [-0.1, -0.05) is 94.4 Å². The number of rotatable bonds is 6. The first-order valence-electron chi connectivity index (χ1n) is 7.20. The van der Waals surface area contributed by atoms with E-state index in [1.54, 1.807) is 0 Å². The molecule has 0 aliphatic heterocycles. The van der Waals surface area contributed by atoms with Gasteiger partial charge in [0.15, 0.2) is 0 Å². The van der Waals surface area contributed by atoms with Crippen LogP contribution in [-0.4, -0.2) is 14.1 Å². The zero-order chi connectivity index (χ0) is 13.0. The van der Waals surface area contributed by atoms with E-state index in [0.29, 0.717) is 0 Å². The standard InChI is InChI=1S/3C5H11.Al.K.H/c3*1-4-5(2)3;;;/h3*4-5H,1-3H3;;;/q;;;;+1;-1. The van der Waals surface area contributed by atoms with Gasteiger partial charge in [-0.15, -0.1) is 0 Å². The predicted octanol–water partition coefficient (Wildman–Crippen LogP) is 2.74. The quantitative estimate of drug-likeness (QED) is 0.656. The maximum absolute atomic E-state index is 2.51. The van der Waals surface area contributed by atoms with Gasteiger partial charge in [0.05, 0.1) is 0 Å². The van der Waals surface area contributed by atoms with Crippen molar-refractivity contribution in [2.45, 2.75) is 76.7 Å². The third-order valence-corrected chi connectivity index (χ3v) is 10.9. The molecule has 0 radical (unpaired) electrons. The Labute approximate surface area is 159 Å². The minimum atomic E-state index is -0.690. The summed E-state index contributed by atoms with van der Waals surface area (Å²) in [4.78, 5) is 0. The molecule has 2 heteroatoms. The van der Waals surface area contributed by atoms with Crippen LogP contribution in [0.15, 0.2) is 0 Å². The molecular formula is C15H34AlK. The summed E-state index contributed by atoms with van der Waals surface area (Å²) in [5, 5.41) is 0. The summed E-state index contributed by atoms with van der Waals surface area (Å²) in [5.74, 6) is 2.58. The molecule has 0 spiro atoms. The molecule has 0 aliphatic rings. The summed E-state index contributed by atoms with van der Waals surface area (Å²) >= 11 is -0.690. The minimum Gasteiger partial charge on any atom is -1.00 e. The maximum atomic E-state index is 2.51. The Morgan fingerprint density at radius 2 is 0.706 bits per heavy atom. The fourth-order valence-corrected chi connectivity index (χ4v) is 8.31. The van der Waals surface area contributed by atoms with Gasteiger partial charge in [-0.05, 0) is 0 Å². The zero-order valence-electron chi connectivity index (χ0n) is 15.0. The first kappa shape index (κ1) is 21.5. The second kappa shape index (κ2) is 9.98. The van der Waals surface area contributed by atoms with E-state index in [2.05, 4.69) is 62.3 Å². The summed E-state index contributed by atoms with van der Waals surface area (Å²) in [7, 11) is 0. The number of hydrogen-bond acceptors (Lipinski definition) is 0. The monoisotopic (exact) mass is 280 g/mol. The summed E-state index contributed by atoms with van der Waals surface area (Å²) in [6, 6.07) is 0. The van der Waals surface area contributed by atoms with Crippen LogP contribution in [0, 0.1) is 17.8 Å². The molecule has 0 aromatic carbocycles. The molecule has 0 bridgehead atoms. The molecule has 0 fully saturated rings. The third-order valence-electron chi connectivity index (χ3n) is 4.98. The van der Waals surface area contributed by atoms with Crippen molar-refractivity contribution < 1.29 is 52.8 Å². The van der Waals surface area contributed by atoms with Crippen LogP contribution in [0.25, 0.3) is 0 Å². The van der Waals surface area contributed by atoms with Gasteiger partial charge in [-0.2, -0.15) is 0 Å². The van der Waals surface area contributed by atoms with Gasteiger partial charge in [0.2, 0.25) is 0 Å². The zero-order valence-corrected chi connectivity index (χ0v) is 18.3. The molecule has 0 nitrogen and oxygen atoms in total. The molecule has 3 atom stereocenters. The van der Waals surface area contributed by atoms with Crippen molar-refractivity contribution in [2.24, 2.45) is 17.8 Å². The smallest absolute Gasteiger partial charge is 1.00 e. The van der Waals surface area contributed by atoms with E-state index in [0.717, 1.165) is 32.1 Å². The molecule has 0 aromatic heterocycles. The summed E-state index contributed by atoms with van der Waals surface area (Å²) in [6.07, 6.45) is 0. The SMILES string of the molecule is CC(C)[CH](C)[Al]([CH](C)C(C)C)[CH](C)C(C)C.[H-].[K+]. The van der Waals surface area contributed by atoms with Crippen LogP contribution in [0.1, 0.15) is 63.7 Å². The molecule has 0 N–H and O–H groups in total. The molecule has 0 aromatic rings. The van der Waals surface area contributed by atoms with Crippen molar-refractivity contribution in [3.8, 4) is 0 Å². The Balaban J connectivity index is -0.00000112. The summed E-state index contributed by atoms with van der Waals surface area (Å²) < 4.78 is 2.90. The van der Waals surface area contributed by atoms with E-state index in [1.807, 2.05) is 0 Å². The van der Waals surface area contributed by atoms with Crippen molar-refractivity contribution in [1.29, 1.82) is 0 Å². The fraction of sp³-hybridized carbons (Fsp3) is 1.00. The van der Waals surface area contributed by atoms with Crippen LogP contribution in [0.3, 0.4) is 0 Å². The Morgan fingerprint density at radius 3 is 0.824 bits per heavy atom. The second-order valence-electron chi connectivity index (χ2n) is 6.89. The van der Waals surface area contributed by atoms with E-state index >= 15 is 0 Å². The van der Waals surface area contributed by atoms with E-state index in [1.165, 1.54) is 0 Å². The van der Waals surface area contributed by atoms with Crippen molar-refractivity contribution in [3.05, 3.63) is 0 Å². The average molecular weight is 281 g/mol. The molecule has 0 amide bonds. The van der Waals surface area contributed by atoms with E-state index in [9.17, 15) is 0 Å². The third kappa shape index (κ3) is 6.94. The minimum absolute atomic E-state index is 0. The van der Waals surface area contributed by atoms with Crippen molar-refractivity contribution >= 4 is 14.1 Å². The van der Waals surface area contributed by atoms with E-state index < -0.39 is 14.1 Å². The van der Waals surface area contributed by atoms with Gasteiger partial charge >= 0.3 is 51.4 Å². The summed E-state index contributed by atoms with van der Waals surface area (Å²) in [5.41, 5.74) is 0. The van der Waals surface area contributed by atoms with Crippen LogP contribution >= 0.6 is 0 Å². The Bertz CT molecular complexity index is 162. The van der Waals surface area contributed by atoms with Crippen LogP contribution < -0.4 is 51.4 Å².